The Morgan fingerprint density at radius 3 is 2.50 bits per heavy atom. The molecule has 0 bridgehead atoms. The number of hydrogen-bond acceptors (Lipinski definition) is 8. The van der Waals surface area contributed by atoms with Gasteiger partial charge in [-0.1, -0.05) is 32.1 Å². The average molecular weight is 523 g/mol. The van der Waals surface area contributed by atoms with Crippen LogP contribution in [0.2, 0.25) is 0 Å². The summed E-state index contributed by atoms with van der Waals surface area (Å²) in [6.07, 6.45) is 10.7. The Morgan fingerprint density at radius 2 is 1.92 bits per heavy atom. The molecule has 0 amide bonds. The highest BCUT2D eigenvalue weighted by Gasteiger charge is 2.07. The average Bonchev–Trinajstić information content (AvgIpc) is 2.85. The molecular weight excluding hydrogens is 480 g/mol. The van der Waals surface area contributed by atoms with Crippen LogP contribution in [0.25, 0.3) is 10.9 Å². The van der Waals surface area contributed by atoms with Crippen LogP contribution in [-0.4, -0.2) is 70.8 Å². The number of aliphatic hydroxyl groups excluding tert-OH is 1. The monoisotopic (exact) mass is 522 g/mol. The van der Waals surface area contributed by atoms with Crippen molar-refractivity contribution in [1.29, 1.82) is 0 Å². The van der Waals surface area contributed by atoms with Crippen LogP contribution in [0.5, 0.6) is 0 Å². The van der Waals surface area contributed by atoms with E-state index in [1.165, 1.54) is 0 Å². The third-order valence-corrected chi connectivity index (χ3v) is 5.07. The van der Waals surface area contributed by atoms with Crippen molar-refractivity contribution < 1.29 is 19.8 Å². The standard InChI is InChI=1S/C21H28N4O2S.C2H4O2.C2H6.CH4O/c1-16-23-19-10-9-17(14-18(19)21(27)24-16)15-25(2)20(28-3)8-4-5-11-22-12-6-7-13-26;1-2(3)4;2*1-2/h4-5,8-10,13-14,22H,6-7,11-12,15H2,1-3H3,(H,23,24,27);1H3,(H,3,4);1-2H3;2H,1H3/b5-4+,20-8-;;;. The van der Waals surface area contributed by atoms with Crippen LogP contribution in [0.4, 0.5) is 0 Å². The van der Waals surface area contributed by atoms with E-state index in [2.05, 4.69) is 32.3 Å². The van der Waals surface area contributed by atoms with Crippen molar-refractivity contribution in [2.75, 3.05) is 33.5 Å². The van der Waals surface area contributed by atoms with Crippen LogP contribution >= 0.6 is 11.8 Å². The summed E-state index contributed by atoms with van der Waals surface area (Å²) in [4.78, 5) is 40.7. The van der Waals surface area contributed by atoms with Crippen molar-refractivity contribution in [3.05, 3.63) is 63.2 Å². The van der Waals surface area contributed by atoms with Gasteiger partial charge >= 0.3 is 0 Å². The van der Waals surface area contributed by atoms with Gasteiger partial charge in [0.25, 0.3) is 11.5 Å². The van der Waals surface area contributed by atoms with Crippen molar-refractivity contribution in [2.45, 2.75) is 47.1 Å². The second kappa shape index (κ2) is 22.5. The number of aromatic nitrogens is 2. The number of benzene rings is 1. The van der Waals surface area contributed by atoms with Gasteiger partial charge in [-0.15, -0.1) is 11.8 Å². The number of aldehydes is 1. The number of hydrogen-bond donors (Lipinski definition) is 4. The Morgan fingerprint density at radius 1 is 1.28 bits per heavy atom. The lowest BCUT2D eigenvalue weighted by Gasteiger charge is -2.21. The van der Waals surface area contributed by atoms with Crippen LogP contribution in [0, 0.1) is 6.92 Å². The molecule has 4 N–H and O–H groups in total. The molecule has 0 atom stereocenters. The van der Waals surface area contributed by atoms with Crippen molar-refractivity contribution in [3.63, 3.8) is 0 Å². The number of aliphatic hydroxyl groups is 1. The van der Waals surface area contributed by atoms with E-state index >= 15 is 0 Å². The molecule has 0 spiro atoms. The molecule has 1 heterocycles. The van der Waals surface area contributed by atoms with Gasteiger partial charge in [0.2, 0.25) is 0 Å². The van der Waals surface area contributed by atoms with E-state index in [1.54, 1.807) is 18.7 Å². The van der Waals surface area contributed by atoms with Gasteiger partial charge in [0, 0.05) is 40.6 Å². The van der Waals surface area contributed by atoms with Gasteiger partial charge in [0.1, 0.15) is 12.1 Å². The molecule has 2 rings (SSSR count). The molecule has 10 heteroatoms. The number of rotatable bonds is 11. The van der Waals surface area contributed by atoms with Crippen molar-refractivity contribution >= 4 is 34.9 Å². The lowest BCUT2D eigenvalue weighted by molar-refractivity contribution is -0.134. The highest BCUT2D eigenvalue weighted by Crippen LogP contribution is 2.19. The molecule has 2 aromatic rings. The van der Waals surface area contributed by atoms with Gasteiger partial charge in [-0.05, 0) is 49.9 Å². The normalized spacial score (nSPS) is 10.4. The third kappa shape index (κ3) is 15.9. The van der Waals surface area contributed by atoms with E-state index in [9.17, 15) is 9.59 Å². The first kappa shape index (κ1) is 35.2. The Balaban J connectivity index is 0. The molecular formula is C26H42N4O5S. The number of aliphatic carboxylic acids is 1. The minimum absolute atomic E-state index is 0.101. The highest BCUT2D eigenvalue weighted by atomic mass is 32.2. The molecule has 0 aliphatic carbocycles. The van der Waals surface area contributed by atoms with Gasteiger partial charge in [0.05, 0.1) is 15.9 Å². The number of carboxylic acids is 1. The Labute approximate surface area is 218 Å². The number of carbonyl (C=O) groups excluding carboxylic acids is 1. The van der Waals surface area contributed by atoms with Crippen LogP contribution in [0.15, 0.2) is 46.3 Å². The maximum Gasteiger partial charge on any atom is 0.300 e. The van der Waals surface area contributed by atoms with Crippen molar-refractivity contribution in [3.8, 4) is 0 Å². The van der Waals surface area contributed by atoms with E-state index in [4.69, 9.17) is 15.0 Å². The van der Waals surface area contributed by atoms with Gasteiger partial charge in [-0.2, -0.15) is 0 Å². The first-order valence-corrected chi connectivity index (χ1v) is 12.9. The maximum atomic E-state index is 12.2. The molecule has 0 aliphatic heterocycles. The number of nitrogens with zero attached hydrogens (tertiary/aromatic N) is 2. The number of unbranched alkanes of at least 4 members (excludes halogenated alkanes) is 1. The zero-order valence-corrected chi connectivity index (χ0v) is 23.3. The number of thioether (sulfide) groups is 1. The number of carbonyl (C=O) groups is 2. The summed E-state index contributed by atoms with van der Waals surface area (Å²) in [7, 11) is 3.04. The smallest absolute Gasteiger partial charge is 0.300 e. The van der Waals surface area contributed by atoms with E-state index < -0.39 is 5.97 Å². The van der Waals surface area contributed by atoms with E-state index in [1.807, 2.05) is 51.4 Å². The van der Waals surface area contributed by atoms with Gasteiger partial charge in [-0.25, -0.2) is 4.98 Å². The second-order valence-electron chi connectivity index (χ2n) is 7.03. The predicted octanol–water partition coefficient (Wildman–Crippen LogP) is 3.72. The lowest BCUT2D eigenvalue weighted by Crippen LogP contribution is -2.16. The summed E-state index contributed by atoms with van der Waals surface area (Å²) in [6, 6.07) is 5.83. The molecule has 0 fully saturated rings. The van der Waals surface area contributed by atoms with Crippen LogP contribution in [0.3, 0.4) is 0 Å². The molecule has 9 nitrogen and oxygen atoms in total. The first-order valence-electron chi connectivity index (χ1n) is 11.7. The fraction of sp³-hybridized carbons (Fsp3) is 0.462. The van der Waals surface area contributed by atoms with Crippen molar-refractivity contribution in [1.82, 2.24) is 20.2 Å². The predicted molar refractivity (Wildman–Crippen MR) is 150 cm³/mol. The fourth-order valence-electron chi connectivity index (χ4n) is 2.82. The minimum Gasteiger partial charge on any atom is -0.481 e. The quantitative estimate of drug-likeness (QED) is 0.198. The van der Waals surface area contributed by atoms with Crippen molar-refractivity contribution in [2.24, 2.45) is 0 Å². The SMILES string of the molecule is CC.CC(=O)O.CO.CS/C(=C\C=C\CNCCCC=O)N(C)Cc1ccc2nc(C)[nH]c(=O)c2c1. The molecule has 1 aromatic carbocycles. The molecule has 36 heavy (non-hydrogen) atoms. The second-order valence-corrected chi connectivity index (χ2v) is 7.85. The number of carboxylic acid groups (broad SMARTS) is 1. The third-order valence-electron chi connectivity index (χ3n) is 4.21. The topological polar surface area (TPSA) is 136 Å². The zero-order chi connectivity index (χ0) is 27.9. The molecule has 0 aliphatic rings. The molecule has 202 valence electrons. The van der Waals surface area contributed by atoms with Gasteiger partial charge in [-0.3, -0.25) is 9.59 Å². The summed E-state index contributed by atoms with van der Waals surface area (Å²) in [5, 5.41) is 19.4. The molecule has 1 aromatic heterocycles. The van der Waals surface area contributed by atoms with Gasteiger partial charge < -0.3 is 30.2 Å². The number of nitrogens with one attached hydrogen (secondary N) is 2. The number of aromatic amines is 1. The fourth-order valence-corrected chi connectivity index (χ4v) is 3.41. The molecule has 0 unspecified atom stereocenters. The zero-order valence-electron chi connectivity index (χ0n) is 22.5. The molecule has 0 saturated heterocycles. The van der Waals surface area contributed by atoms with Gasteiger partial charge in [0.15, 0.2) is 0 Å². The van der Waals surface area contributed by atoms with E-state index in [-0.39, 0.29) is 5.56 Å². The van der Waals surface area contributed by atoms with E-state index in [0.29, 0.717) is 24.2 Å². The maximum absolute atomic E-state index is 12.2. The number of H-pyrrole nitrogens is 1. The number of allylic oxidation sites excluding steroid dienone is 2. The minimum atomic E-state index is -0.833. The summed E-state index contributed by atoms with van der Waals surface area (Å²) in [5.41, 5.74) is 1.68. The van der Waals surface area contributed by atoms with E-state index in [0.717, 1.165) is 55.9 Å². The summed E-state index contributed by atoms with van der Waals surface area (Å²) in [6.45, 7) is 9.19. The summed E-state index contributed by atoms with van der Waals surface area (Å²) >= 11 is 1.68. The Kier molecular flexibility index (Phi) is 22.0. The van der Waals surface area contributed by atoms with Crippen LogP contribution in [-0.2, 0) is 16.1 Å². The Bertz CT molecular complexity index is 1000. The lowest BCUT2D eigenvalue weighted by atomic mass is 10.1. The largest absolute Gasteiger partial charge is 0.481 e. The van der Waals surface area contributed by atoms with Crippen LogP contribution < -0.4 is 10.9 Å². The first-order chi connectivity index (χ1) is 17.3. The molecule has 0 saturated carbocycles. The molecule has 0 radical (unpaired) electrons. The van der Waals surface area contributed by atoms with Crippen LogP contribution in [0.1, 0.15) is 45.0 Å². The Hall–Kier alpha value is -2.95. The summed E-state index contributed by atoms with van der Waals surface area (Å²) in [5.74, 6) is -0.208. The number of aryl methyl sites for hydroxylation is 1. The highest BCUT2D eigenvalue weighted by molar-refractivity contribution is 8.02. The number of fused-ring (bicyclic) bond motifs is 1. The summed E-state index contributed by atoms with van der Waals surface area (Å²) < 4.78 is 0.